The summed E-state index contributed by atoms with van der Waals surface area (Å²) < 4.78 is 5.27. The summed E-state index contributed by atoms with van der Waals surface area (Å²) in [7, 11) is 0. The summed E-state index contributed by atoms with van der Waals surface area (Å²) in [4.78, 5) is 5.35. The Labute approximate surface area is 115 Å². The number of nitrogens with two attached hydrogens (primary N) is 1. The van der Waals surface area contributed by atoms with E-state index in [2.05, 4.69) is 16.7 Å². The molecule has 6 heteroatoms. The number of piperazine rings is 1. The third-order valence-electron chi connectivity index (χ3n) is 3.35. The van der Waals surface area contributed by atoms with Crippen LogP contribution in [0.15, 0.2) is 0 Å². The van der Waals surface area contributed by atoms with E-state index < -0.39 is 0 Å². The fourth-order valence-corrected chi connectivity index (χ4v) is 2.61. The molecule has 0 aliphatic carbocycles. The Bertz CT molecular complexity index is 245. The highest BCUT2D eigenvalue weighted by atomic mass is 32.1. The van der Waals surface area contributed by atoms with Crippen LogP contribution in [0.5, 0.6) is 0 Å². The lowest BCUT2D eigenvalue weighted by molar-refractivity contribution is 0.0542. The molecule has 1 aliphatic rings. The number of hydrogen-bond donors (Lipinski definition) is 2. The zero-order chi connectivity index (χ0) is 13.4. The van der Waals surface area contributed by atoms with Crippen molar-refractivity contribution >= 4 is 17.2 Å². The van der Waals surface area contributed by atoms with Gasteiger partial charge in [0.25, 0.3) is 0 Å². The summed E-state index contributed by atoms with van der Waals surface area (Å²) in [6.07, 6.45) is 0.981. The molecule has 0 aromatic carbocycles. The lowest BCUT2D eigenvalue weighted by Gasteiger charge is -2.38. The summed E-state index contributed by atoms with van der Waals surface area (Å²) in [6.45, 7) is 8.35. The van der Waals surface area contributed by atoms with Gasteiger partial charge in [-0.3, -0.25) is 9.80 Å². The number of rotatable bonds is 8. The van der Waals surface area contributed by atoms with E-state index >= 15 is 0 Å². The van der Waals surface area contributed by atoms with E-state index in [9.17, 15) is 0 Å². The molecule has 1 aliphatic heterocycles. The standard InChI is InChI=1S/C12H25N3O2S/c1-2-11(12(13)18)15-5-3-14(4-6-15)7-9-17-10-8-16/h11,16H,2-10H2,1H3,(H2,13,18). The van der Waals surface area contributed by atoms with Crippen molar-refractivity contribution in [1.82, 2.24) is 9.80 Å². The van der Waals surface area contributed by atoms with Gasteiger partial charge in [0.2, 0.25) is 0 Å². The summed E-state index contributed by atoms with van der Waals surface area (Å²) >= 11 is 5.10. The van der Waals surface area contributed by atoms with Crippen molar-refractivity contribution in [3.05, 3.63) is 0 Å². The highest BCUT2D eigenvalue weighted by Gasteiger charge is 2.23. The molecule has 0 aromatic heterocycles. The highest BCUT2D eigenvalue weighted by molar-refractivity contribution is 7.80. The van der Waals surface area contributed by atoms with Crippen LogP contribution in [-0.4, -0.2) is 78.5 Å². The first-order valence-electron chi connectivity index (χ1n) is 6.63. The van der Waals surface area contributed by atoms with Gasteiger partial charge in [0.05, 0.1) is 30.9 Å². The first-order valence-corrected chi connectivity index (χ1v) is 7.04. The zero-order valence-corrected chi connectivity index (χ0v) is 12.0. The molecule has 0 amide bonds. The van der Waals surface area contributed by atoms with E-state index in [1.807, 2.05) is 0 Å². The van der Waals surface area contributed by atoms with Crippen molar-refractivity contribution in [3.63, 3.8) is 0 Å². The van der Waals surface area contributed by atoms with Crippen molar-refractivity contribution < 1.29 is 9.84 Å². The maximum absolute atomic E-state index is 8.61. The van der Waals surface area contributed by atoms with Crippen molar-refractivity contribution in [2.75, 3.05) is 52.5 Å². The highest BCUT2D eigenvalue weighted by Crippen LogP contribution is 2.09. The summed E-state index contributed by atoms with van der Waals surface area (Å²) in [5.74, 6) is 0. The SMILES string of the molecule is CCC(C(N)=S)N1CCN(CCOCCO)CC1. The van der Waals surface area contributed by atoms with Crippen LogP contribution < -0.4 is 5.73 Å². The molecule has 1 rings (SSSR count). The van der Waals surface area contributed by atoms with E-state index in [0.29, 0.717) is 18.2 Å². The van der Waals surface area contributed by atoms with Crippen LogP contribution in [0.2, 0.25) is 0 Å². The number of thiocarbonyl (C=S) groups is 1. The van der Waals surface area contributed by atoms with Crippen LogP contribution in [0.25, 0.3) is 0 Å². The lowest BCUT2D eigenvalue weighted by atomic mass is 10.1. The molecular weight excluding hydrogens is 250 g/mol. The number of aliphatic hydroxyl groups excluding tert-OH is 1. The van der Waals surface area contributed by atoms with Gasteiger partial charge in [-0.2, -0.15) is 0 Å². The molecule has 1 unspecified atom stereocenters. The number of ether oxygens (including phenoxy) is 1. The summed E-state index contributed by atoms with van der Waals surface area (Å²) in [5.41, 5.74) is 5.76. The largest absolute Gasteiger partial charge is 0.394 e. The Morgan fingerprint density at radius 3 is 2.50 bits per heavy atom. The lowest BCUT2D eigenvalue weighted by Crippen LogP contribution is -2.53. The fourth-order valence-electron chi connectivity index (χ4n) is 2.30. The fraction of sp³-hybridized carbons (Fsp3) is 0.917. The Morgan fingerprint density at radius 2 is 2.00 bits per heavy atom. The van der Waals surface area contributed by atoms with E-state index in [1.165, 1.54) is 0 Å². The van der Waals surface area contributed by atoms with E-state index in [-0.39, 0.29) is 12.6 Å². The van der Waals surface area contributed by atoms with Crippen LogP contribution in [0.4, 0.5) is 0 Å². The average molecular weight is 275 g/mol. The smallest absolute Gasteiger partial charge is 0.0901 e. The van der Waals surface area contributed by atoms with Gasteiger partial charge in [0, 0.05) is 32.7 Å². The second-order valence-corrected chi connectivity index (χ2v) is 5.01. The van der Waals surface area contributed by atoms with Crippen LogP contribution in [-0.2, 0) is 4.74 Å². The molecule has 0 saturated carbocycles. The van der Waals surface area contributed by atoms with Crippen molar-refractivity contribution in [3.8, 4) is 0 Å². The second-order valence-electron chi connectivity index (χ2n) is 4.54. The van der Waals surface area contributed by atoms with Crippen molar-refractivity contribution in [2.24, 2.45) is 5.73 Å². The minimum Gasteiger partial charge on any atom is -0.394 e. The molecule has 106 valence electrons. The summed E-state index contributed by atoms with van der Waals surface area (Å²) in [5, 5.41) is 8.61. The molecular formula is C12H25N3O2S. The van der Waals surface area contributed by atoms with Crippen LogP contribution in [0.3, 0.4) is 0 Å². The van der Waals surface area contributed by atoms with Crippen LogP contribution >= 0.6 is 12.2 Å². The van der Waals surface area contributed by atoms with Crippen molar-refractivity contribution in [1.29, 1.82) is 0 Å². The maximum Gasteiger partial charge on any atom is 0.0901 e. The molecule has 1 fully saturated rings. The monoisotopic (exact) mass is 275 g/mol. The van der Waals surface area contributed by atoms with Gasteiger partial charge in [-0.15, -0.1) is 0 Å². The number of nitrogens with zero attached hydrogens (tertiary/aromatic N) is 2. The van der Waals surface area contributed by atoms with Gasteiger partial charge < -0.3 is 15.6 Å². The predicted molar refractivity (Wildman–Crippen MR) is 76.8 cm³/mol. The van der Waals surface area contributed by atoms with Gasteiger partial charge >= 0.3 is 0 Å². The maximum atomic E-state index is 8.61. The van der Waals surface area contributed by atoms with Gasteiger partial charge in [0.1, 0.15) is 0 Å². The van der Waals surface area contributed by atoms with Crippen LogP contribution in [0.1, 0.15) is 13.3 Å². The second kappa shape index (κ2) is 8.77. The Hall–Kier alpha value is -0.270. The van der Waals surface area contributed by atoms with Gasteiger partial charge in [-0.25, -0.2) is 0 Å². The Kier molecular flexibility index (Phi) is 7.69. The predicted octanol–water partition coefficient (Wildman–Crippen LogP) is -0.322. The quantitative estimate of drug-likeness (QED) is 0.467. The first-order chi connectivity index (χ1) is 8.69. The third kappa shape index (κ3) is 5.16. The molecule has 3 N–H and O–H groups in total. The van der Waals surface area contributed by atoms with Gasteiger partial charge in [0.15, 0.2) is 0 Å². The average Bonchev–Trinajstić information content (AvgIpc) is 2.37. The number of hydrogen-bond acceptors (Lipinski definition) is 5. The molecule has 18 heavy (non-hydrogen) atoms. The Morgan fingerprint density at radius 1 is 1.33 bits per heavy atom. The van der Waals surface area contributed by atoms with E-state index in [4.69, 9.17) is 27.8 Å². The summed E-state index contributed by atoms with van der Waals surface area (Å²) in [6, 6.07) is 0.243. The first kappa shape index (κ1) is 15.8. The molecule has 1 saturated heterocycles. The van der Waals surface area contributed by atoms with E-state index in [1.54, 1.807) is 0 Å². The van der Waals surface area contributed by atoms with Crippen LogP contribution in [0, 0.1) is 0 Å². The zero-order valence-electron chi connectivity index (χ0n) is 11.2. The normalized spacial score (nSPS) is 19.9. The molecule has 0 bridgehead atoms. The topological polar surface area (TPSA) is 62.0 Å². The number of aliphatic hydroxyl groups is 1. The molecule has 1 heterocycles. The molecule has 5 nitrogen and oxygen atoms in total. The third-order valence-corrected chi connectivity index (χ3v) is 3.62. The minimum absolute atomic E-state index is 0.0971. The molecule has 0 aromatic rings. The molecule has 0 radical (unpaired) electrons. The van der Waals surface area contributed by atoms with Gasteiger partial charge in [-0.1, -0.05) is 19.1 Å². The van der Waals surface area contributed by atoms with E-state index in [0.717, 1.165) is 39.1 Å². The van der Waals surface area contributed by atoms with Gasteiger partial charge in [-0.05, 0) is 6.42 Å². The minimum atomic E-state index is 0.0971. The van der Waals surface area contributed by atoms with Crippen molar-refractivity contribution in [2.45, 2.75) is 19.4 Å². The Balaban J connectivity index is 2.21. The molecule has 0 spiro atoms. The molecule has 1 atom stereocenters.